The van der Waals surface area contributed by atoms with E-state index in [1.54, 1.807) is 23.0 Å². The van der Waals surface area contributed by atoms with Gasteiger partial charge in [-0.15, -0.1) is 0 Å². The quantitative estimate of drug-likeness (QED) is 0.587. The zero-order valence-corrected chi connectivity index (χ0v) is 17.5. The molecule has 4 rings (SSSR count). The van der Waals surface area contributed by atoms with Crippen molar-refractivity contribution in [2.45, 2.75) is 25.3 Å². The van der Waals surface area contributed by atoms with Crippen molar-refractivity contribution in [2.75, 3.05) is 29.0 Å². The van der Waals surface area contributed by atoms with Crippen LogP contribution in [0.4, 0.5) is 20.9 Å². The summed E-state index contributed by atoms with van der Waals surface area (Å²) < 4.78 is 15.3. The number of halogens is 1. The van der Waals surface area contributed by atoms with Crippen molar-refractivity contribution in [2.24, 2.45) is 12.8 Å². The van der Waals surface area contributed by atoms with Gasteiger partial charge < -0.3 is 21.7 Å². The molecule has 1 unspecified atom stereocenters. The lowest BCUT2D eigenvalue weighted by molar-refractivity contribution is 0.102. The van der Waals surface area contributed by atoms with Gasteiger partial charge in [0, 0.05) is 31.7 Å². The van der Waals surface area contributed by atoms with Gasteiger partial charge in [-0.05, 0) is 31.4 Å². The standard InChI is InChI=1S/C20H24FN7OS/c1-27-20(28-8-3-6-14(22)7-9-28)15(11-24-27)25-18(29)16-17(23)30-19(26-16)12-4-2-5-13(21)10-12/h2,4-5,10-11,14H,3,6-9,22-23H2,1H3,(H,25,29). The van der Waals surface area contributed by atoms with Gasteiger partial charge in [-0.25, -0.2) is 9.37 Å². The molecule has 1 fully saturated rings. The summed E-state index contributed by atoms with van der Waals surface area (Å²) in [5, 5.41) is 7.97. The minimum absolute atomic E-state index is 0.118. The van der Waals surface area contributed by atoms with Gasteiger partial charge in [0.15, 0.2) is 11.5 Å². The topological polar surface area (TPSA) is 115 Å². The predicted molar refractivity (Wildman–Crippen MR) is 117 cm³/mol. The minimum atomic E-state index is -0.424. The van der Waals surface area contributed by atoms with Gasteiger partial charge in [-0.3, -0.25) is 9.48 Å². The first kappa shape index (κ1) is 20.3. The second kappa shape index (κ2) is 8.41. The third-order valence-corrected chi connectivity index (χ3v) is 6.10. The van der Waals surface area contributed by atoms with Crippen molar-refractivity contribution in [3.05, 3.63) is 42.0 Å². The Bertz CT molecular complexity index is 1060. The molecule has 0 radical (unpaired) electrons. The molecule has 1 aliphatic heterocycles. The van der Waals surface area contributed by atoms with Crippen LogP contribution < -0.4 is 21.7 Å². The molecule has 1 saturated heterocycles. The van der Waals surface area contributed by atoms with E-state index in [4.69, 9.17) is 11.5 Å². The Morgan fingerprint density at radius 3 is 2.97 bits per heavy atom. The molecule has 0 saturated carbocycles. The molecule has 0 aliphatic carbocycles. The van der Waals surface area contributed by atoms with E-state index in [1.165, 1.54) is 12.1 Å². The first-order valence-corrected chi connectivity index (χ1v) is 10.6. The van der Waals surface area contributed by atoms with E-state index in [-0.39, 0.29) is 22.6 Å². The summed E-state index contributed by atoms with van der Waals surface area (Å²) in [7, 11) is 1.84. The van der Waals surface area contributed by atoms with Crippen molar-refractivity contribution in [3.8, 4) is 10.6 Å². The van der Waals surface area contributed by atoms with E-state index in [9.17, 15) is 9.18 Å². The fraction of sp³-hybridized carbons (Fsp3) is 0.350. The molecule has 10 heteroatoms. The third-order valence-electron chi connectivity index (χ3n) is 5.17. The zero-order chi connectivity index (χ0) is 21.3. The maximum absolute atomic E-state index is 13.5. The summed E-state index contributed by atoms with van der Waals surface area (Å²) >= 11 is 1.15. The molecular weight excluding hydrogens is 405 g/mol. The van der Waals surface area contributed by atoms with Crippen LogP contribution in [0.2, 0.25) is 0 Å². The number of nitrogens with one attached hydrogen (secondary N) is 1. The van der Waals surface area contributed by atoms with Crippen LogP contribution in [-0.2, 0) is 7.05 Å². The molecule has 3 aromatic rings. The van der Waals surface area contributed by atoms with Gasteiger partial charge in [0.25, 0.3) is 5.91 Å². The Morgan fingerprint density at radius 2 is 2.17 bits per heavy atom. The first-order valence-electron chi connectivity index (χ1n) is 9.78. The van der Waals surface area contributed by atoms with Crippen LogP contribution in [-0.4, -0.2) is 39.8 Å². The Hall–Kier alpha value is -2.98. The fourth-order valence-corrected chi connectivity index (χ4v) is 4.47. The highest BCUT2D eigenvalue weighted by atomic mass is 32.1. The normalized spacial score (nSPS) is 17.0. The molecule has 3 heterocycles. The summed E-state index contributed by atoms with van der Waals surface area (Å²) in [6, 6.07) is 6.23. The molecule has 30 heavy (non-hydrogen) atoms. The van der Waals surface area contributed by atoms with E-state index in [2.05, 4.69) is 20.3 Å². The maximum Gasteiger partial charge on any atom is 0.277 e. The van der Waals surface area contributed by atoms with E-state index in [0.717, 1.165) is 49.5 Å². The molecule has 2 aromatic heterocycles. The molecule has 0 bridgehead atoms. The van der Waals surface area contributed by atoms with Crippen LogP contribution in [0.1, 0.15) is 29.8 Å². The van der Waals surface area contributed by atoms with E-state index < -0.39 is 5.91 Å². The average molecular weight is 430 g/mol. The molecule has 0 spiro atoms. The summed E-state index contributed by atoms with van der Waals surface area (Å²) in [5.74, 6) is 0.0354. The number of nitrogen functional groups attached to an aromatic ring is 1. The lowest BCUT2D eigenvalue weighted by Gasteiger charge is -2.24. The van der Waals surface area contributed by atoms with Gasteiger partial charge in [0.05, 0.1) is 6.20 Å². The van der Waals surface area contributed by atoms with Crippen LogP contribution in [0.5, 0.6) is 0 Å². The van der Waals surface area contributed by atoms with Crippen LogP contribution >= 0.6 is 11.3 Å². The number of hydrogen-bond donors (Lipinski definition) is 3. The van der Waals surface area contributed by atoms with Crippen LogP contribution in [0.3, 0.4) is 0 Å². The maximum atomic E-state index is 13.5. The zero-order valence-electron chi connectivity index (χ0n) is 16.6. The SMILES string of the molecule is Cn1ncc(NC(=O)c2nc(-c3cccc(F)c3)sc2N)c1N1CCCC(N)CC1. The highest BCUT2D eigenvalue weighted by molar-refractivity contribution is 7.19. The van der Waals surface area contributed by atoms with Crippen LogP contribution in [0.25, 0.3) is 10.6 Å². The Balaban J connectivity index is 1.57. The number of anilines is 3. The number of nitrogens with two attached hydrogens (primary N) is 2. The molecule has 1 amide bonds. The summed E-state index contributed by atoms with van der Waals surface area (Å²) in [6.07, 6.45) is 4.46. The number of hydrogen-bond acceptors (Lipinski definition) is 7. The molecule has 158 valence electrons. The highest BCUT2D eigenvalue weighted by Crippen LogP contribution is 2.32. The van der Waals surface area contributed by atoms with E-state index >= 15 is 0 Å². The van der Waals surface area contributed by atoms with Gasteiger partial charge in [0.1, 0.15) is 21.5 Å². The fourth-order valence-electron chi connectivity index (χ4n) is 3.65. The summed E-state index contributed by atoms with van der Waals surface area (Å²) in [6.45, 7) is 1.64. The molecule has 8 nitrogen and oxygen atoms in total. The average Bonchev–Trinajstić information content (AvgIpc) is 3.20. The number of benzene rings is 1. The number of aromatic nitrogens is 3. The second-order valence-electron chi connectivity index (χ2n) is 7.38. The van der Waals surface area contributed by atoms with Gasteiger partial charge in [0.2, 0.25) is 0 Å². The molecule has 1 aliphatic rings. The lowest BCUT2D eigenvalue weighted by atomic mass is 10.1. The number of carbonyl (C=O) groups excluding carboxylic acids is 1. The summed E-state index contributed by atoms with van der Waals surface area (Å²) in [4.78, 5) is 19.5. The predicted octanol–water partition coefficient (Wildman–Crippen LogP) is 2.83. The Kier molecular flexibility index (Phi) is 5.69. The summed E-state index contributed by atoms with van der Waals surface area (Å²) in [5.41, 5.74) is 13.4. The van der Waals surface area contributed by atoms with E-state index in [0.29, 0.717) is 16.3 Å². The minimum Gasteiger partial charge on any atom is -0.389 e. The lowest BCUT2D eigenvalue weighted by Crippen LogP contribution is -2.29. The number of rotatable bonds is 4. The van der Waals surface area contributed by atoms with Crippen LogP contribution in [0, 0.1) is 5.82 Å². The van der Waals surface area contributed by atoms with Gasteiger partial charge in [-0.2, -0.15) is 5.10 Å². The molecule has 5 N–H and O–H groups in total. The van der Waals surface area contributed by atoms with Crippen molar-refractivity contribution < 1.29 is 9.18 Å². The number of amides is 1. The van der Waals surface area contributed by atoms with Crippen LogP contribution in [0.15, 0.2) is 30.5 Å². The van der Waals surface area contributed by atoms with Gasteiger partial charge in [-0.1, -0.05) is 23.5 Å². The van der Waals surface area contributed by atoms with Crippen molar-refractivity contribution in [3.63, 3.8) is 0 Å². The molecular formula is C20H24FN7OS. The van der Waals surface area contributed by atoms with Gasteiger partial charge >= 0.3 is 0 Å². The monoisotopic (exact) mass is 429 g/mol. The number of carbonyl (C=O) groups is 1. The van der Waals surface area contributed by atoms with Crippen molar-refractivity contribution in [1.82, 2.24) is 14.8 Å². The van der Waals surface area contributed by atoms with E-state index in [1.807, 2.05) is 7.05 Å². The Morgan fingerprint density at radius 1 is 1.33 bits per heavy atom. The number of nitrogens with zero attached hydrogens (tertiary/aromatic N) is 4. The second-order valence-corrected chi connectivity index (χ2v) is 8.41. The number of thiazole rings is 1. The first-order chi connectivity index (χ1) is 14.4. The van der Waals surface area contributed by atoms with Crippen molar-refractivity contribution >= 4 is 33.8 Å². The number of aryl methyl sites for hydroxylation is 1. The Labute approximate surface area is 177 Å². The third kappa shape index (κ3) is 4.14. The molecule has 1 aromatic carbocycles. The van der Waals surface area contributed by atoms with Crippen molar-refractivity contribution in [1.29, 1.82) is 0 Å². The largest absolute Gasteiger partial charge is 0.389 e. The smallest absolute Gasteiger partial charge is 0.277 e. The highest BCUT2D eigenvalue weighted by Gasteiger charge is 2.24. The molecule has 1 atom stereocenters.